The molecular weight excluding hydrogens is 532 g/mol. The minimum Gasteiger partial charge on any atom is -0.384 e. The molecule has 1 saturated heterocycles. The van der Waals surface area contributed by atoms with Crippen LogP contribution in [0.2, 0.25) is 0 Å². The number of aryl methyl sites for hydroxylation is 1. The number of unbranched alkanes of at least 4 members (excludes halogenated alkanes) is 1. The number of fused-ring (bicyclic) bond motifs is 1. The third-order valence-electron chi connectivity index (χ3n) is 10.4. The molecule has 1 aliphatic heterocycles. The lowest BCUT2D eigenvalue weighted by atomic mass is 9.52. The largest absolute Gasteiger partial charge is 0.384 e. The van der Waals surface area contributed by atoms with E-state index in [1.165, 1.54) is 43.1 Å². The molecule has 3 amide bonds. The number of amides is 3. The first kappa shape index (κ1) is 28.8. The zero-order valence-corrected chi connectivity index (χ0v) is 24.9. The van der Waals surface area contributed by atoms with Crippen LogP contribution < -0.4 is 21.5 Å². The third kappa shape index (κ3) is 5.70. The second-order valence-electron chi connectivity index (χ2n) is 13.3. The molecule has 2 heterocycles. The molecule has 0 radical (unpaired) electrons. The van der Waals surface area contributed by atoms with E-state index in [1.807, 2.05) is 6.07 Å². The molecule has 5 fully saturated rings. The molecule has 4 saturated carbocycles. The van der Waals surface area contributed by atoms with Gasteiger partial charge in [-0.25, -0.2) is 4.98 Å². The Morgan fingerprint density at radius 2 is 1.79 bits per heavy atom. The maximum absolute atomic E-state index is 13.6. The summed E-state index contributed by atoms with van der Waals surface area (Å²) in [6.07, 6.45) is 11.3. The van der Waals surface area contributed by atoms with Gasteiger partial charge in [-0.3, -0.25) is 29.1 Å². The third-order valence-corrected chi connectivity index (χ3v) is 10.4. The van der Waals surface area contributed by atoms with Crippen LogP contribution in [0.4, 0.5) is 5.69 Å². The monoisotopic (exact) mass is 576 g/mol. The molecule has 10 heteroatoms. The summed E-state index contributed by atoms with van der Waals surface area (Å²) in [7, 11) is 2.32. The predicted octanol–water partition coefficient (Wildman–Crippen LogP) is 3.28. The highest BCUT2D eigenvalue weighted by molar-refractivity contribution is 5.99. The maximum atomic E-state index is 13.6. The maximum Gasteiger partial charge on any atom is 0.264 e. The van der Waals surface area contributed by atoms with Crippen molar-refractivity contribution in [1.29, 1.82) is 0 Å². The van der Waals surface area contributed by atoms with E-state index in [4.69, 9.17) is 0 Å². The van der Waals surface area contributed by atoms with Crippen LogP contribution in [0.3, 0.4) is 0 Å². The number of rotatable bonds is 11. The van der Waals surface area contributed by atoms with Gasteiger partial charge in [0.05, 0.1) is 10.9 Å². The number of aromatic nitrogens is 2. The summed E-state index contributed by atoms with van der Waals surface area (Å²) in [6, 6.07) is 4.58. The van der Waals surface area contributed by atoms with Crippen LogP contribution in [0.15, 0.2) is 23.0 Å². The Kier molecular flexibility index (Phi) is 8.09. The van der Waals surface area contributed by atoms with Crippen LogP contribution in [0.5, 0.6) is 0 Å². The molecule has 226 valence electrons. The number of hydrogen-bond acceptors (Lipinski definition) is 7. The van der Waals surface area contributed by atoms with Gasteiger partial charge < -0.3 is 15.5 Å². The van der Waals surface area contributed by atoms with Crippen molar-refractivity contribution in [3.63, 3.8) is 0 Å². The van der Waals surface area contributed by atoms with E-state index < -0.39 is 11.9 Å². The lowest BCUT2D eigenvalue weighted by Crippen LogP contribution is -2.59. The summed E-state index contributed by atoms with van der Waals surface area (Å²) in [5.74, 6) is 2.43. The summed E-state index contributed by atoms with van der Waals surface area (Å²) >= 11 is 0. The second-order valence-corrected chi connectivity index (χ2v) is 13.3. The van der Waals surface area contributed by atoms with Crippen LogP contribution >= 0.6 is 0 Å². The van der Waals surface area contributed by atoms with Gasteiger partial charge >= 0.3 is 0 Å². The first-order valence-electron chi connectivity index (χ1n) is 15.8. The van der Waals surface area contributed by atoms with E-state index in [-0.39, 0.29) is 36.6 Å². The van der Waals surface area contributed by atoms with Gasteiger partial charge in [0.15, 0.2) is 0 Å². The van der Waals surface area contributed by atoms with Crippen LogP contribution in [0.25, 0.3) is 10.9 Å². The van der Waals surface area contributed by atoms with E-state index in [9.17, 15) is 19.2 Å². The topological polar surface area (TPSA) is 125 Å². The van der Waals surface area contributed by atoms with E-state index >= 15 is 0 Å². The SMILES string of the molecule is Cc1nc2cccc(NCCC(=O)NCCCCN(C)C34CC5CC(CC(C5)C3)C4)c2c(=O)n1C1CCC(=O)NC1=O. The van der Waals surface area contributed by atoms with Crippen LogP contribution in [-0.4, -0.2) is 64.4 Å². The summed E-state index contributed by atoms with van der Waals surface area (Å²) in [6.45, 7) is 3.82. The van der Waals surface area contributed by atoms with Gasteiger partial charge in [0.2, 0.25) is 17.7 Å². The van der Waals surface area contributed by atoms with Gasteiger partial charge in [-0.2, -0.15) is 0 Å². The standard InChI is InChI=1S/C32H44N6O4/c1-20-35-25-7-5-6-24(29(25)31(42)38(20)26-8-9-28(40)36-30(26)41)33-12-10-27(39)34-11-3-4-13-37(2)32-17-21-14-22(18-32)16-23(15-21)19-32/h5-7,21-23,26,33H,3-4,8-19H2,1-2H3,(H,34,39)(H,36,40,41). The van der Waals surface area contributed by atoms with Crippen molar-refractivity contribution >= 4 is 34.3 Å². The minimum absolute atomic E-state index is 0.0212. The molecule has 4 aliphatic carbocycles. The number of hydrogen-bond donors (Lipinski definition) is 3. The lowest BCUT2D eigenvalue weighted by molar-refractivity contribution is -0.135. The Morgan fingerprint density at radius 3 is 2.48 bits per heavy atom. The Bertz CT molecular complexity index is 1400. The van der Waals surface area contributed by atoms with Crippen molar-refractivity contribution in [2.45, 2.75) is 89.1 Å². The molecular formula is C32H44N6O4. The Morgan fingerprint density at radius 1 is 1.07 bits per heavy atom. The van der Waals surface area contributed by atoms with Gasteiger partial charge in [0, 0.05) is 37.2 Å². The average molecular weight is 577 g/mol. The summed E-state index contributed by atoms with van der Waals surface area (Å²) < 4.78 is 1.38. The van der Waals surface area contributed by atoms with E-state index in [2.05, 4.69) is 32.9 Å². The zero-order valence-electron chi connectivity index (χ0n) is 24.9. The van der Waals surface area contributed by atoms with Crippen molar-refractivity contribution in [3.05, 3.63) is 34.4 Å². The van der Waals surface area contributed by atoms with Gasteiger partial charge in [0.1, 0.15) is 11.9 Å². The smallest absolute Gasteiger partial charge is 0.264 e. The number of piperidine rings is 1. The fourth-order valence-electron chi connectivity index (χ4n) is 8.67. The molecule has 42 heavy (non-hydrogen) atoms. The molecule has 5 aliphatic rings. The van der Waals surface area contributed by atoms with Crippen molar-refractivity contribution in [2.75, 3.05) is 32.0 Å². The van der Waals surface area contributed by atoms with Crippen LogP contribution in [0, 0.1) is 24.7 Å². The van der Waals surface area contributed by atoms with Gasteiger partial charge in [0.25, 0.3) is 5.56 Å². The molecule has 1 aromatic heterocycles. The molecule has 2 aromatic rings. The van der Waals surface area contributed by atoms with Crippen molar-refractivity contribution in [1.82, 2.24) is 25.1 Å². The van der Waals surface area contributed by atoms with Crippen LogP contribution in [0.1, 0.15) is 82.5 Å². The fraction of sp³-hybridized carbons (Fsp3) is 0.656. The van der Waals surface area contributed by atoms with Crippen LogP contribution in [-0.2, 0) is 14.4 Å². The summed E-state index contributed by atoms with van der Waals surface area (Å²) in [5, 5.41) is 8.97. The molecule has 1 atom stereocenters. The molecule has 10 nitrogen and oxygen atoms in total. The number of benzene rings is 1. The zero-order chi connectivity index (χ0) is 29.4. The second kappa shape index (κ2) is 11.8. The molecule has 7 rings (SSSR count). The normalized spacial score (nSPS) is 28.4. The molecule has 1 aromatic carbocycles. The first-order valence-corrected chi connectivity index (χ1v) is 15.8. The van der Waals surface area contributed by atoms with Gasteiger partial charge in [-0.05, 0) is 108 Å². The van der Waals surface area contributed by atoms with E-state index in [0.717, 1.165) is 37.1 Å². The molecule has 0 spiro atoms. The minimum atomic E-state index is -0.779. The molecule has 4 bridgehead atoms. The first-order chi connectivity index (χ1) is 20.2. The summed E-state index contributed by atoms with van der Waals surface area (Å²) in [5.41, 5.74) is 1.20. The van der Waals surface area contributed by atoms with E-state index in [1.54, 1.807) is 19.1 Å². The fourth-order valence-corrected chi connectivity index (χ4v) is 8.67. The highest BCUT2D eigenvalue weighted by Crippen LogP contribution is 2.57. The number of carbonyl (C=O) groups is 3. The molecule has 1 unspecified atom stereocenters. The number of nitrogens with zero attached hydrogens (tertiary/aromatic N) is 3. The summed E-state index contributed by atoms with van der Waals surface area (Å²) in [4.78, 5) is 57.4. The molecule has 3 N–H and O–H groups in total. The Balaban J connectivity index is 0.978. The van der Waals surface area contributed by atoms with Gasteiger partial charge in [-0.15, -0.1) is 0 Å². The Labute approximate surface area is 247 Å². The number of carbonyl (C=O) groups excluding carboxylic acids is 3. The highest BCUT2D eigenvalue weighted by Gasteiger charge is 2.52. The number of imide groups is 1. The van der Waals surface area contributed by atoms with Crippen molar-refractivity contribution in [3.8, 4) is 0 Å². The quantitative estimate of drug-likeness (QED) is 0.277. The average Bonchev–Trinajstić information content (AvgIpc) is 2.93. The number of anilines is 1. The van der Waals surface area contributed by atoms with Gasteiger partial charge in [-0.1, -0.05) is 6.07 Å². The van der Waals surface area contributed by atoms with Crippen molar-refractivity contribution < 1.29 is 14.4 Å². The predicted molar refractivity (Wildman–Crippen MR) is 161 cm³/mol. The lowest BCUT2D eigenvalue weighted by Gasteiger charge is -2.60. The highest BCUT2D eigenvalue weighted by atomic mass is 16.2. The van der Waals surface area contributed by atoms with E-state index in [0.29, 0.717) is 41.0 Å². The Hall–Kier alpha value is -3.27. The number of nitrogens with one attached hydrogen (secondary N) is 3. The van der Waals surface area contributed by atoms with Crippen molar-refractivity contribution in [2.24, 2.45) is 17.8 Å².